The van der Waals surface area contributed by atoms with Crippen LogP contribution in [0.5, 0.6) is 0 Å². The minimum Gasteiger partial charge on any atom is -0.325 e. The number of rotatable bonds is 4. The highest BCUT2D eigenvalue weighted by Crippen LogP contribution is 2.38. The Kier molecular flexibility index (Phi) is 4.83. The van der Waals surface area contributed by atoms with Crippen LogP contribution in [0, 0.1) is 0 Å². The molecule has 1 unspecified atom stereocenters. The summed E-state index contributed by atoms with van der Waals surface area (Å²) >= 11 is 3.42. The van der Waals surface area contributed by atoms with E-state index >= 15 is 0 Å². The second-order valence-corrected chi connectivity index (χ2v) is 6.93. The molecule has 1 amide bonds. The number of hydrogen-bond donors (Lipinski definition) is 0. The second-order valence-electron chi connectivity index (χ2n) is 4.69. The maximum Gasteiger partial charge on any atom is 0.234 e. The summed E-state index contributed by atoms with van der Waals surface area (Å²) in [7, 11) is 0. The molecule has 2 aromatic rings. The van der Waals surface area contributed by atoms with E-state index in [0.717, 1.165) is 22.8 Å². The third kappa shape index (κ3) is 3.60. The average Bonchev–Trinajstić information content (AvgIpc) is 3.04. The first-order valence-corrected chi connectivity index (χ1v) is 8.87. The summed E-state index contributed by atoms with van der Waals surface area (Å²) in [6.45, 7) is 0.825. The van der Waals surface area contributed by atoms with Crippen LogP contribution in [-0.2, 0) is 4.79 Å². The van der Waals surface area contributed by atoms with Crippen LogP contribution in [0.1, 0.15) is 10.9 Å². The Morgan fingerprint density at radius 3 is 2.76 bits per heavy atom. The number of hydrogen-bond acceptors (Lipinski definition) is 4. The summed E-state index contributed by atoms with van der Waals surface area (Å²) < 4.78 is 0. The molecule has 0 radical (unpaired) electrons. The number of nitrogens with zero attached hydrogens (tertiary/aromatic N) is 2. The predicted molar refractivity (Wildman–Crippen MR) is 88.3 cm³/mol. The molecule has 1 aliphatic heterocycles. The van der Waals surface area contributed by atoms with Crippen molar-refractivity contribution in [3.8, 4) is 0 Å². The highest BCUT2D eigenvalue weighted by molar-refractivity contribution is 8.00. The van der Waals surface area contributed by atoms with Crippen LogP contribution in [-0.4, -0.2) is 33.8 Å². The van der Waals surface area contributed by atoms with Gasteiger partial charge in [0, 0.05) is 29.6 Å². The van der Waals surface area contributed by atoms with E-state index in [4.69, 9.17) is 0 Å². The zero-order chi connectivity index (χ0) is 14.5. The number of benzene rings is 1. The number of aromatic nitrogens is 1. The minimum absolute atomic E-state index is 0.136. The standard InChI is InChI=1S/C16H16N2OS2/c19-15(12-21-14-4-2-1-3-5-14)18-10-11-20-16(18)13-6-8-17-9-7-13/h1-9,16H,10-12H2. The average molecular weight is 316 g/mol. The van der Waals surface area contributed by atoms with E-state index in [2.05, 4.69) is 4.98 Å². The van der Waals surface area contributed by atoms with Gasteiger partial charge in [0.05, 0.1) is 5.75 Å². The Hall–Kier alpha value is -1.46. The van der Waals surface area contributed by atoms with Crippen molar-refractivity contribution in [3.05, 3.63) is 60.4 Å². The van der Waals surface area contributed by atoms with Gasteiger partial charge >= 0.3 is 0 Å². The van der Waals surface area contributed by atoms with Crippen LogP contribution in [0.25, 0.3) is 0 Å². The Morgan fingerprint density at radius 2 is 2.00 bits per heavy atom. The van der Waals surface area contributed by atoms with Crippen LogP contribution in [0.15, 0.2) is 59.8 Å². The first-order chi connectivity index (χ1) is 10.3. The van der Waals surface area contributed by atoms with E-state index < -0.39 is 0 Å². The molecule has 1 atom stereocenters. The number of thioether (sulfide) groups is 2. The number of amides is 1. The van der Waals surface area contributed by atoms with Crippen molar-refractivity contribution in [1.82, 2.24) is 9.88 Å². The van der Waals surface area contributed by atoms with Crippen LogP contribution >= 0.6 is 23.5 Å². The van der Waals surface area contributed by atoms with Crippen LogP contribution in [0.2, 0.25) is 0 Å². The minimum atomic E-state index is 0.136. The van der Waals surface area contributed by atoms with Gasteiger partial charge in [0.15, 0.2) is 0 Å². The Labute approximate surface area is 133 Å². The molecule has 0 spiro atoms. The van der Waals surface area contributed by atoms with Crippen molar-refractivity contribution in [2.24, 2.45) is 0 Å². The van der Waals surface area contributed by atoms with Gasteiger partial charge in [-0.25, -0.2) is 0 Å². The molecule has 0 bridgehead atoms. The van der Waals surface area contributed by atoms with Crippen molar-refractivity contribution in [2.45, 2.75) is 10.3 Å². The third-order valence-electron chi connectivity index (χ3n) is 3.31. The lowest BCUT2D eigenvalue weighted by atomic mass is 10.2. The summed E-state index contributed by atoms with van der Waals surface area (Å²) in [6.07, 6.45) is 3.57. The lowest BCUT2D eigenvalue weighted by molar-refractivity contribution is -0.128. The molecule has 21 heavy (non-hydrogen) atoms. The Bertz CT molecular complexity index is 592. The van der Waals surface area contributed by atoms with Gasteiger partial charge < -0.3 is 4.90 Å². The molecule has 1 saturated heterocycles. The maximum atomic E-state index is 12.5. The van der Waals surface area contributed by atoms with Gasteiger partial charge in [-0.2, -0.15) is 0 Å². The van der Waals surface area contributed by atoms with Crippen LogP contribution in [0.3, 0.4) is 0 Å². The highest BCUT2D eigenvalue weighted by Gasteiger charge is 2.30. The molecule has 108 valence electrons. The van der Waals surface area contributed by atoms with Gasteiger partial charge in [0.1, 0.15) is 5.37 Å². The van der Waals surface area contributed by atoms with E-state index in [-0.39, 0.29) is 11.3 Å². The van der Waals surface area contributed by atoms with Gasteiger partial charge in [0.25, 0.3) is 0 Å². The molecule has 5 heteroatoms. The molecule has 3 nitrogen and oxygen atoms in total. The molecular formula is C16H16N2OS2. The summed E-state index contributed by atoms with van der Waals surface area (Å²) in [4.78, 5) is 19.6. The lowest BCUT2D eigenvalue weighted by Gasteiger charge is -2.23. The fraction of sp³-hybridized carbons (Fsp3) is 0.250. The molecule has 1 aliphatic rings. The SMILES string of the molecule is O=C(CSc1ccccc1)N1CCSC1c1ccncc1. The van der Waals surface area contributed by atoms with Crippen molar-refractivity contribution in [2.75, 3.05) is 18.1 Å². The first-order valence-electron chi connectivity index (χ1n) is 6.83. The molecule has 2 heterocycles. The topological polar surface area (TPSA) is 33.2 Å². The predicted octanol–water partition coefficient (Wildman–Crippen LogP) is 3.45. The fourth-order valence-corrected chi connectivity index (χ4v) is 4.36. The fourth-order valence-electron chi connectivity index (χ4n) is 2.27. The van der Waals surface area contributed by atoms with E-state index in [1.54, 1.807) is 24.2 Å². The molecule has 0 saturated carbocycles. The van der Waals surface area contributed by atoms with Gasteiger partial charge in [-0.05, 0) is 29.8 Å². The zero-order valence-corrected chi connectivity index (χ0v) is 13.1. The number of pyridine rings is 1. The summed E-state index contributed by atoms with van der Waals surface area (Å²) in [6, 6.07) is 14.0. The van der Waals surface area contributed by atoms with Gasteiger partial charge in [-0.1, -0.05) is 18.2 Å². The molecule has 0 N–H and O–H groups in total. The Morgan fingerprint density at radius 1 is 1.24 bits per heavy atom. The monoisotopic (exact) mass is 316 g/mol. The zero-order valence-electron chi connectivity index (χ0n) is 11.5. The van der Waals surface area contributed by atoms with E-state index in [9.17, 15) is 4.79 Å². The summed E-state index contributed by atoms with van der Waals surface area (Å²) in [5.74, 6) is 1.69. The quantitative estimate of drug-likeness (QED) is 0.809. The van der Waals surface area contributed by atoms with Crippen LogP contribution < -0.4 is 0 Å². The number of carbonyl (C=O) groups is 1. The van der Waals surface area contributed by atoms with E-state index in [0.29, 0.717) is 5.75 Å². The van der Waals surface area contributed by atoms with Crippen molar-refractivity contribution < 1.29 is 4.79 Å². The third-order valence-corrected chi connectivity index (χ3v) is 5.57. The molecule has 1 aromatic carbocycles. The molecule has 1 aromatic heterocycles. The highest BCUT2D eigenvalue weighted by atomic mass is 32.2. The van der Waals surface area contributed by atoms with Crippen molar-refractivity contribution >= 4 is 29.4 Å². The summed E-state index contributed by atoms with van der Waals surface area (Å²) in [5.41, 5.74) is 1.16. The summed E-state index contributed by atoms with van der Waals surface area (Å²) in [5, 5.41) is 0.136. The molecule has 3 rings (SSSR count). The van der Waals surface area contributed by atoms with E-state index in [1.807, 2.05) is 59.1 Å². The van der Waals surface area contributed by atoms with Gasteiger partial charge in [-0.15, -0.1) is 23.5 Å². The van der Waals surface area contributed by atoms with Crippen LogP contribution in [0.4, 0.5) is 0 Å². The van der Waals surface area contributed by atoms with Crippen molar-refractivity contribution in [3.63, 3.8) is 0 Å². The molecular weight excluding hydrogens is 300 g/mol. The molecule has 0 aliphatic carbocycles. The van der Waals surface area contributed by atoms with Crippen molar-refractivity contribution in [1.29, 1.82) is 0 Å². The molecule has 1 fully saturated rings. The maximum absolute atomic E-state index is 12.5. The largest absolute Gasteiger partial charge is 0.325 e. The Balaban J connectivity index is 1.64. The van der Waals surface area contributed by atoms with Gasteiger partial charge in [0.2, 0.25) is 5.91 Å². The second kappa shape index (κ2) is 7.00. The van der Waals surface area contributed by atoms with E-state index in [1.165, 1.54) is 0 Å². The smallest absolute Gasteiger partial charge is 0.234 e. The van der Waals surface area contributed by atoms with Gasteiger partial charge in [-0.3, -0.25) is 9.78 Å². The number of carbonyl (C=O) groups excluding carboxylic acids is 1. The lowest BCUT2D eigenvalue weighted by Crippen LogP contribution is -2.31. The normalized spacial score (nSPS) is 17.9. The first kappa shape index (κ1) is 14.5.